The van der Waals surface area contributed by atoms with Crippen LogP contribution >= 0.6 is 0 Å². The molecule has 26 heavy (non-hydrogen) atoms. The van der Waals surface area contributed by atoms with E-state index in [9.17, 15) is 5.11 Å². The molecule has 2 aromatic heterocycles. The summed E-state index contributed by atoms with van der Waals surface area (Å²) in [6.07, 6.45) is 7.57. The van der Waals surface area contributed by atoms with Crippen LogP contribution in [0.5, 0.6) is 5.75 Å². The zero-order valence-corrected chi connectivity index (χ0v) is 14.9. The van der Waals surface area contributed by atoms with Crippen LogP contribution in [0.4, 0.5) is 5.69 Å². The molecular weight excluding hydrogens is 328 g/mol. The molecular formula is C20H22N4O2. The van der Waals surface area contributed by atoms with Gasteiger partial charge in [0.25, 0.3) is 0 Å². The van der Waals surface area contributed by atoms with E-state index in [-0.39, 0.29) is 5.60 Å². The molecule has 5 rings (SSSR count). The number of fused-ring (bicyclic) bond motifs is 2. The van der Waals surface area contributed by atoms with Crippen molar-refractivity contribution in [2.24, 2.45) is 0 Å². The van der Waals surface area contributed by atoms with Crippen molar-refractivity contribution in [1.29, 1.82) is 0 Å². The van der Waals surface area contributed by atoms with Gasteiger partial charge < -0.3 is 15.2 Å². The number of ether oxygens (including phenoxy) is 1. The summed E-state index contributed by atoms with van der Waals surface area (Å²) in [4.78, 5) is 4.33. The molecule has 1 aromatic carbocycles. The largest absolute Gasteiger partial charge is 0.487 e. The first-order valence-electron chi connectivity index (χ1n) is 9.09. The van der Waals surface area contributed by atoms with E-state index in [1.54, 1.807) is 16.9 Å². The van der Waals surface area contributed by atoms with Gasteiger partial charge in [0.15, 0.2) is 11.9 Å². The maximum absolute atomic E-state index is 10.8. The maximum Gasteiger partial charge on any atom is 0.162 e. The standard InChI is InChI=1S/C20H22N4O2/c1-20(2)10-13-8-16(14(12-4-5-12)9-17(13)26-20)23-19(25)15-11-22-24-7-3-6-21-18(15)24/h3,6-9,11-12,19,23,25H,4-5,10H2,1-2H3. The predicted octanol–water partition coefficient (Wildman–Crippen LogP) is 3.42. The molecule has 1 aliphatic carbocycles. The smallest absolute Gasteiger partial charge is 0.162 e. The van der Waals surface area contributed by atoms with Crippen LogP contribution in [0, 0.1) is 0 Å². The molecule has 1 atom stereocenters. The van der Waals surface area contributed by atoms with Crippen molar-refractivity contribution in [3.63, 3.8) is 0 Å². The molecule has 2 aliphatic rings. The molecule has 3 aromatic rings. The molecule has 1 aliphatic heterocycles. The highest BCUT2D eigenvalue weighted by molar-refractivity contribution is 5.63. The molecule has 0 bridgehead atoms. The van der Waals surface area contributed by atoms with Gasteiger partial charge in [0.2, 0.25) is 0 Å². The van der Waals surface area contributed by atoms with Gasteiger partial charge in [0, 0.05) is 30.1 Å². The Kier molecular flexibility index (Phi) is 3.28. The van der Waals surface area contributed by atoms with Crippen molar-refractivity contribution >= 4 is 11.3 Å². The summed E-state index contributed by atoms with van der Waals surface area (Å²) in [5.41, 5.74) is 4.55. The fourth-order valence-electron chi connectivity index (χ4n) is 3.79. The zero-order valence-electron chi connectivity index (χ0n) is 14.9. The Morgan fingerprint density at radius 2 is 2.19 bits per heavy atom. The average Bonchev–Trinajstić information content (AvgIpc) is 3.26. The van der Waals surface area contributed by atoms with Crippen LogP contribution in [-0.4, -0.2) is 25.3 Å². The SMILES string of the molecule is CC1(C)Cc2cc(NC(O)c3cnn4cccnc34)c(C3CC3)cc2O1. The van der Waals surface area contributed by atoms with Gasteiger partial charge in [-0.1, -0.05) is 0 Å². The van der Waals surface area contributed by atoms with E-state index in [4.69, 9.17) is 4.74 Å². The molecule has 0 spiro atoms. The first kappa shape index (κ1) is 15.6. The highest BCUT2D eigenvalue weighted by Gasteiger charge is 2.34. The van der Waals surface area contributed by atoms with E-state index in [0.717, 1.165) is 17.9 Å². The maximum atomic E-state index is 10.8. The first-order valence-corrected chi connectivity index (χ1v) is 9.09. The normalized spacial score (nSPS) is 19.2. The quantitative estimate of drug-likeness (QED) is 0.706. The minimum Gasteiger partial charge on any atom is -0.487 e. The third-order valence-electron chi connectivity index (χ3n) is 5.15. The fraction of sp³-hybridized carbons (Fsp3) is 0.400. The van der Waals surface area contributed by atoms with Crippen LogP contribution in [0.1, 0.15) is 55.5 Å². The van der Waals surface area contributed by atoms with Crippen LogP contribution in [0.15, 0.2) is 36.8 Å². The van der Waals surface area contributed by atoms with Crippen LogP contribution in [0.2, 0.25) is 0 Å². The van der Waals surface area contributed by atoms with Gasteiger partial charge in [-0.05, 0) is 56.4 Å². The zero-order chi connectivity index (χ0) is 17.9. The highest BCUT2D eigenvalue weighted by atomic mass is 16.5. The first-order chi connectivity index (χ1) is 12.5. The lowest BCUT2D eigenvalue weighted by molar-refractivity contribution is 0.138. The van der Waals surface area contributed by atoms with Crippen molar-refractivity contribution in [3.8, 4) is 5.75 Å². The number of aromatic nitrogens is 3. The number of rotatable bonds is 4. The number of hydrogen-bond acceptors (Lipinski definition) is 5. The Bertz CT molecular complexity index is 991. The Morgan fingerprint density at radius 1 is 1.35 bits per heavy atom. The minimum absolute atomic E-state index is 0.174. The molecule has 1 fully saturated rings. The molecule has 134 valence electrons. The lowest BCUT2D eigenvalue weighted by atomic mass is 9.98. The van der Waals surface area contributed by atoms with E-state index in [1.165, 1.54) is 24.0 Å². The van der Waals surface area contributed by atoms with Gasteiger partial charge in [-0.25, -0.2) is 9.50 Å². The van der Waals surface area contributed by atoms with Gasteiger partial charge in [-0.2, -0.15) is 5.10 Å². The van der Waals surface area contributed by atoms with Crippen molar-refractivity contribution in [2.75, 3.05) is 5.32 Å². The summed E-state index contributed by atoms with van der Waals surface area (Å²) in [5.74, 6) is 1.53. The number of aliphatic hydroxyl groups excluding tert-OH is 1. The Morgan fingerprint density at radius 3 is 3.00 bits per heavy atom. The van der Waals surface area contributed by atoms with Gasteiger partial charge in [-0.3, -0.25) is 0 Å². The molecule has 0 amide bonds. The van der Waals surface area contributed by atoms with Crippen LogP contribution in [-0.2, 0) is 6.42 Å². The second-order valence-electron chi connectivity index (χ2n) is 7.89. The van der Waals surface area contributed by atoms with Crippen molar-refractivity contribution in [3.05, 3.63) is 53.5 Å². The second kappa shape index (κ2) is 5.45. The van der Waals surface area contributed by atoms with Gasteiger partial charge in [0.05, 0.1) is 11.8 Å². The molecule has 2 N–H and O–H groups in total. The number of nitrogens with zero attached hydrogens (tertiary/aromatic N) is 3. The van der Waals surface area contributed by atoms with E-state index >= 15 is 0 Å². The molecule has 6 heteroatoms. The van der Waals surface area contributed by atoms with Crippen LogP contribution < -0.4 is 10.1 Å². The lowest BCUT2D eigenvalue weighted by Gasteiger charge is -2.18. The Labute approximate surface area is 151 Å². The molecule has 0 radical (unpaired) electrons. The lowest BCUT2D eigenvalue weighted by Crippen LogP contribution is -2.24. The van der Waals surface area contributed by atoms with E-state index in [1.807, 2.05) is 12.3 Å². The molecule has 6 nitrogen and oxygen atoms in total. The van der Waals surface area contributed by atoms with Gasteiger partial charge in [-0.15, -0.1) is 0 Å². The van der Waals surface area contributed by atoms with Crippen molar-refractivity contribution < 1.29 is 9.84 Å². The van der Waals surface area contributed by atoms with Crippen LogP contribution in [0.3, 0.4) is 0 Å². The summed E-state index contributed by atoms with van der Waals surface area (Å²) in [5, 5.41) is 18.4. The Hall–Kier alpha value is -2.60. The summed E-state index contributed by atoms with van der Waals surface area (Å²) in [6.45, 7) is 4.22. The second-order valence-corrected chi connectivity index (χ2v) is 7.89. The molecule has 1 saturated carbocycles. The van der Waals surface area contributed by atoms with Crippen molar-refractivity contribution in [1.82, 2.24) is 14.6 Å². The Balaban J connectivity index is 1.50. The summed E-state index contributed by atoms with van der Waals surface area (Å²) in [6, 6.07) is 6.11. The van der Waals surface area contributed by atoms with Crippen LogP contribution in [0.25, 0.3) is 5.65 Å². The van der Waals surface area contributed by atoms with E-state index in [2.05, 4.69) is 41.4 Å². The average molecular weight is 350 g/mol. The number of benzene rings is 1. The molecule has 1 unspecified atom stereocenters. The van der Waals surface area contributed by atoms with Crippen molar-refractivity contribution in [2.45, 2.75) is 50.9 Å². The van der Waals surface area contributed by atoms with Gasteiger partial charge >= 0.3 is 0 Å². The topological polar surface area (TPSA) is 71.7 Å². The summed E-state index contributed by atoms with van der Waals surface area (Å²) in [7, 11) is 0. The third-order valence-corrected chi connectivity index (χ3v) is 5.15. The minimum atomic E-state index is -0.867. The molecule has 3 heterocycles. The summed E-state index contributed by atoms with van der Waals surface area (Å²) < 4.78 is 7.76. The summed E-state index contributed by atoms with van der Waals surface area (Å²) >= 11 is 0. The molecule has 0 saturated heterocycles. The number of anilines is 1. The number of hydrogen-bond donors (Lipinski definition) is 2. The monoisotopic (exact) mass is 350 g/mol. The number of aliphatic hydroxyl groups is 1. The van der Waals surface area contributed by atoms with E-state index in [0.29, 0.717) is 17.1 Å². The highest BCUT2D eigenvalue weighted by Crippen LogP contribution is 2.48. The third kappa shape index (κ3) is 2.61. The number of nitrogens with one attached hydrogen (secondary N) is 1. The van der Waals surface area contributed by atoms with E-state index < -0.39 is 6.23 Å². The van der Waals surface area contributed by atoms with Gasteiger partial charge in [0.1, 0.15) is 11.4 Å². The predicted molar refractivity (Wildman–Crippen MR) is 98.4 cm³/mol. The fourth-order valence-corrected chi connectivity index (χ4v) is 3.79.